The van der Waals surface area contributed by atoms with Crippen LogP contribution in [-0.4, -0.2) is 34.0 Å². The number of hydrogen-bond donors (Lipinski definition) is 1. The van der Waals surface area contributed by atoms with Crippen LogP contribution in [-0.2, 0) is 17.3 Å². The monoisotopic (exact) mass is 362 g/mol. The number of alkyl halides is 7. The summed E-state index contributed by atoms with van der Waals surface area (Å²) >= 11 is 0. The molecule has 0 saturated heterocycles. The summed E-state index contributed by atoms with van der Waals surface area (Å²) in [6.45, 7) is -3.20. The zero-order chi connectivity index (χ0) is 17.9. The lowest BCUT2D eigenvalue weighted by Crippen LogP contribution is -2.33. The lowest BCUT2D eigenvalue weighted by Gasteiger charge is -2.36. The SMILES string of the molecule is O[C@H]1c2c(C(F)(F)F)nn(C3CC(COC(F)F)C3)c2CC1(F)F. The summed E-state index contributed by atoms with van der Waals surface area (Å²) in [7, 11) is 0. The highest BCUT2D eigenvalue weighted by atomic mass is 19.4. The molecule has 0 bridgehead atoms. The van der Waals surface area contributed by atoms with Gasteiger partial charge in [-0.05, 0) is 18.8 Å². The lowest BCUT2D eigenvalue weighted by molar-refractivity contribution is -0.150. The second-order valence-corrected chi connectivity index (χ2v) is 6.08. The van der Waals surface area contributed by atoms with Gasteiger partial charge in [0, 0.05) is 5.56 Å². The standard InChI is InChI=1S/C13H13F7N2O2/c14-11(15)24-4-5-1-6(2-5)22-7-3-12(16,17)10(23)8(7)9(21-22)13(18,19)20/h5-6,10-11,23H,1-4H2/t5?,6?,10-/m0/s1. The Labute approximate surface area is 131 Å². The van der Waals surface area contributed by atoms with Gasteiger partial charge in [-0.1, -0.05) is 0 Å². The highest BCUT2D eigenvalue weighted by molar-refractivity contribution is 5.38. The van der Waals surface area contributed by atoms with Crippen LogP contribution in [0, 0.1) is 5.92 Å². The fraction of sp³-hybridized carbons (Fsp3) is 0.769. The number of aliphatic hydroxyl groups is 1. The van der Waals surface area contributed by atoms with E-state index in [0.717, 1.165) is 4.68 Å². The normalized spacial score (nSPS) is 29.0. The first-order valence-corrected chi connectivity index (χ1v) is 7.15. The summed E-state index contributed by atoms with van der Waals surface area (Å²) in [4.78, 5) is 0. The maximum atomic E-state index is 13.6. The van der Waals surface area contributed by atoms with Gasteiger partial charge >= 0.3 is 12.8 Å². The predicted octanol–water partition coefficient (Wildman–Crippen LogP) is 3.32. The Morgan fingerprint density at radius 3 is 2.46 bits per heavy atom. The molecule has 1 aromatic heterocycles. The average molecular weight is 362 g/mol. The fourth-order valence-electron chi connectivity index (χ4n) is 3.23. The first-order chi connectivity index (χ1) is 11.0. The highest BCUT2D eigenvalue weighted by Crippen LogP contribution is 2.50. The van der Waals surface area contributed by atoms with Gasteiger partial charge in [-0.25, -0.2) is 8.78 Å². The van der Waals surface area contributed by atoms with E-state index in [4.69, 9.17) is 0 Å². The van der Waals surface area contributed by atoms with Gasteiger partial charge in [-0.3, -0.25) is 4.68 Å². The predicted molar refractivity (Wildman–Crippen MR) is 64.6 cm³/mol. The smallest absolute Gasteiger partial charge is 0.382 e. The van der Waals surface area contributed by atoms with Gasteiger partial charge < -0.3 is 9.84 Å². The van der Waals surface area contributed by atoms with Crippen LogP contribution in [0.1, 0.15) is 41.9 Å². The number of aliphatic hydroxyl groups excluding tert-OH is 1. The number of halogens is 7. The lowest BCUT2D eigenvalue weighted by atomic mass is 9.81. The van der Waals surface area contributed by atoms with Gasteiger partial charge in [-0.15, -0.1) is 0 Å². The molecule has 11 heteroatoms. The maximum absolute atomic E-state index is 13.6. The quantitative estimate of drug-likeness (QED) is 0.836. The number of rotatable bonds is 4. The van der Waals surface area contributed by atoms with Crippen molar-refractivity contribution in [3.63, 3.8) is 0 Å². The molecule has 0 unspecified atom stereocenters. The molecule has 1 saturated carbocycles. The molecule has 1 N–H and O–H groups in total. The third-order valence-corrected chi connectivity index (χ3v) is 4.41. The molecule has 1 fully saturated rings. The number of aromatic nitrogens is 2. The van der Waals surface area contributed by atoms with Crippen molar-refractivity contribution in [2.45, 2.75) is 50.1 Å². The van der Waals surface area contributed by atoms with Gasteiger partial charge in [0.25, 0.3) is 5.92 Å². The van der Waals surface area contributed by atoms with Crippen molar-refractivity contribution in [3.8, 4) is 0 Å². The van der Waals surface area contributed by atoms with Crippen molar-refractivity contribution in [2.75, 3.05) is 6.61 Å². The minimum atomic E-state index is -4.97. The number of ether oxygens (including phenoxy) is 1. The van der Waals surface area contributed by atoms with Crippen LogP contribution in [0.3, 0.4) is 0 Å². The van der Waals surface area contributed by atoms with Crippen molar-refractivity contribution < 1.29 is 40.6 Å². The zero-order valence-corrected chi connectivity index (χ0v) is 12.0. The molecule has 0 amide bonds. The Hall–Kier alpha value is -1.36. The van der Waals surface area contributed by atoms with E-state index in [-0.39, 0.29) is 31.1 Å². The second kappa shape index (κ2) is 5.58. The molecule has 3 rings (SSSR count). The Morgan fingerprint density at radius 1 is 1.29 bits per heavy atom. The van der Waals surface area contributed by atoms with Gasteiger partial charge in [0.15, 0.2) is 5.69 Å². The Bertz CT molecular complexity index is 623. The van der Waals surface area contributed by atoms with E-state index in [2.05, 4.69) is 9.84 Å². The van der Waals surface area contributed by atoms with Crippen molar-refractivity contribution >= 4 is 0 Å². The molecule has 0 aromatic carbocycles. The minimum Gasteiger partial charge on any atom is -0.382 e. The van der Waals surface area contributed by atoms with Crippen LogP contribution < -0.4 is 0 Å². The summed E-state index contributed by atoms with van der Waals surface area (Å²) in [6.07, 6.45) is -8.18. The molecule has 1 heterocycles. The molecule has 24 heavy (non-hydrogen) atoms. The van der Waals surface area contributed by atoms with Crippen molar-refractivity contribution in [1.29, 1.82) is 0 Å². The Balaban J connectivity index is 1.83. The van der Waals surface area contributed by atoms with Crippen LogP contribution in [0.5, 0.6) is 0 Å². The Kier molecular flexibility index (Phi) is 4.06. The molecule has 0 aliphatic heterocycles. The Morgan fingerprint density at radius 2 is 1.92 bits per heavy atom. The molecular weight excluding hydrogens is 349 g/mol. The molecule has 1 aromatic rings. The summed E-state index contributed by atoms with van der Waals surface area (Å²) in [5.74, 6) is -4.00. The van der Waals surface area contributed by atoms with E-state index >= 15 is 0 Å². The average Bonchev–Trinajstić information content (AvgIpc) is 2.84. The molecule has 1 atom stereocenters. The van der Waals surface area contributed by atoms with Crippen molar-refractivity contribution in [1.82, 2.24) is 9.78 Å². The second-order valence-electron chi connectivity index (χ2n) is 6.08. The third kappa shape index (κ3) is 2.87. The summed E-state index contributed by atoms with van der Waals surface area (Å²) in [5.41, 5.74) is -2.76. The molecule has 0 radical (unpaired) electrons. The van der Waals surface area contributed by atoms with E-state index in [1.54, 1.807) is 0 Å². The zero-order valence-electron chi connectivity index (χ0n) is 12.0. The number of fused-ring (bicyclic) bond motifs is 1. The van der Waals surface area contributed by atoms with Crippen LogP contribution in [0.2, 0.25) is 0 Å². The summed E-state index contributed by atoms with van der Waals surface area (Å²) in [6, 6.07) is -0.609. The summed E-state index contributed by atoms with van der Waals surface area (Å²) in [5, 5.41) is 12.9. The van der Waals surface area contributed by atoms with E-state index in [1.807, 2.05) is 0 Å². The van der Waals surface area contributed by atoms with Gasteiger partial charge in [0.2, 0.25) is 0 Å². The van der Waals surface area contributed by atoms with Crippen LogP contribution in [0.4, 0.5) is 30.7 Å². The highest BCUT2D eigenvalue weighted by Gasteiger charge is 2.55. The van der Waals surface area contributed by atoms with E-state index in [9.17, 15) is 35.8 Å². The van der Waals surface area contributed by atoms with Crippen molar-refractivity contribution in [2.24, 2.45) is 5.92 Å². The molecule has 2 aliphatic carbocycles. The summed E-state index contributed by atoms with van der Waals surface area (Å²) < 4.78 is 95.2. The van der Waals surface area contributed by atoms with Crippen LogP contribution in [0.15, 0.2) is 0 Å². The van der Waals surface area contributed by atoms with Gasteiger partial charge in [0.1, 0.15) is 6.10 Å². The van der Waals surface area contributed by atoms with Gasteiger partial charge in [0.05, 0.1) is 24.8 Å². The molecule has 2 aliphatic rings. The largest absolute Gasteiger partial charge is 0.435 e. The number of nitrogens with zero attached hydrogens (tertiary/aromatic N) is 2. The maximum Gasteiger partial charge on any atom is 0.435 e. The molecule has 0 spiro atoms. The first kappa shape index (κ1) is 17.5. The van der Waals surface area contributed by atoms with Crippen LogP contribution in [0.25, 0.3) is 0 Å². The third-order valence-electron chi connectivity index (χ3n) is 4.41. The first-order valence-electron chi connectivity index (χ1n) is 7.15. The van der Waals surface area contributed by atoms with E-state index in [1.165, 1.54) is 0 Å². The van der Waals surface area contributed by atoms with Crippen molar-refractivity contribution in [3.05, 3.63) is 17.0 Å². The molecular formula is C13H13F7N2O2. The fourth-order valence-corrected chi connectivity index (χ4v) is 3.23. The molecule has 4 nitrogen and oxygen atoms in total. The van der Waals surface area contributed by atoms with E-state index in [0.29, 0.717) is 0 Å². The molecule has 136 valence electrons. The topological polar surface area (TPSA) is 47.3 Å². The van der Waals surface area contributed by atoms with E-state index < -0.39 is 48.5 Å². The van der Waals surface area contributed by atoms with Gasteiger partial charge in [-0.2, -0.15) is 27.1 Å². The van der Waals surface area contributed by atoms with Crippen LogP contribution >= 0.6 is 0 Å². The minimum absolute atomic E-state index is 0.194. The number of hydrogen-bond acceptors (Lipinski definition) is 3.